The summed E-state index contributed by atoms with van der Waals surface area (Å²) in [6.45, 7) is 5.93. The molecule has 1 aromatic heterocycles. The third kappa shape index (κ3) is 3.81. The van der Waals surface area contributed by atoms with E-state index in [2.05, 4.69) is 21.9 Å². The number of nitrogens with zero attached hydrogens (tertiary/aromatic N) is 3. The lowest BCUT2D eigenvalue weighted by atomic mass is 10.2. The van der Waals surface area contributed by atoms with Crippen LogP contribution < -0.4 is 0 Å². The van der Waals surface area contributed by atoms with E-state index < -0.39 is 0 Å². The number of hydrogen-bond acceptors (Lipinski definition) is 5. The van der Waals surface area contributed by atoms with Crippen LogP contribution in [-0.2, 0) is 11.3 Å². The fourth-order valence-corrected chi connectivity index (χ4v) is 4.05. The second kappa shape index (κ2) is 7.56. The lowest BCUT2D eigenvalue weighted by Crippen LogP contribution is -2.44. The van der Waals surface area contributed by atoms with Gasteiger partial charge in [0.15, 0.2) is 0 Å². The number of aliphatic hydroxyl groups excluding tert-OH is 1. The summed E-state index contributed by atoms with van der Waals surface area (Å²) in [5, 5.41) is 11.8. The van der Waals surface area contributed by atoms with Crippen LogP contribution >= 0.6 is 11.6 Å². The summed E-state index contributed by atoms with van der Waals surface area (Å²) in [6, 6.07) is 10.2. The number of aromatic nitrogens is 1. The number of rotatable bonds is 3. The summed E-state index contributed by atoms with van der Waals surface area (Å²) in [4.78, 5) is 9.58. The van der Waals surface area contributed by atoms with Crippen LogP contribution in [0.15, 0.2) is 30.3 Å². The summed E-state index contributed by atoms with van der Waals surface area (Å²) in [5.41, 5.74) is 1.93. The van der Waals surface area contributed by atoms with Crippen molar-refractivity contribution in [1.82, 2.24) is 14.8 Å². The van der Waals surface area contributed by atoms with Crippen molar-refractivity contribution in [3.8, 4) is 0 Å². The zero-order valence-corrected chi connectivity index (χ0v) is 15.0. The summed E-state index contributed by atoms with van der Waals surface area (Å²) >= 11 is 6.29. The number of pyridine rings is 1. The molecule has 5 nitrogen and oxygen atoms in total. The van der Waals surface area contributed by atoms with Crippen molar-refractivity contribution in [2.45, 2.75) is 25.1 Å². The number of para-hydroxylation sites is 1. The Labute approximate surface area is 153 Å². The number of fused-ring (bicyclic) bond motifs is 1. The van der Waals surface area contributed by atoms with Crippen LogP contribution in [0.5, 0.6) is 0 Å². The van der Waals surface area contributed by atoms with E-state index in [-0.39, 0.29) is 12.1 Å². The highest BCUT2D eigenvalue weighted by molar-refractivity contribution is 6.35. The molecule has 4 rings (SSSR count). The first-order valence-corrected chi connectivity index (χ1v) is 9.35. The van der Waals surface area contributed by atoms with Gasteiger partial charge in [0, 0.05) is 25.0 Å². The van der Waals surface area contributed by atoms with Gasteiger partial charge in [-0.25, -0.2) is 4.98 Å². The lowest BCUT2D eigenvalue weighted by molar-refractivity contribution is 0.0837. The number of aliphatic hydroxyl groups is 1. The average molecular weight is 362 g/mol. The predicted octanol–water partition coefficient (Wildman–Crippen LogP) is 2.16. The molecular weight excluding hydrogens is 338 g/mol. The molecule has 1 N–H and O–H groups in total. The van der Waals surface area contributed by atoms with Crippen LogP contribution in [0.1, 0.15) is 12.1 Å². The molecule has 0 saturated carbocycles. The molecule has 2 atom stereocenters. The monoisotopic (exact) mass is 361 g/mol. The number of ether oxygens (including phenoxy) is 1. The van der Waals surface area contributed by atoms with Crippen LogP contribution in [0.4, 0.5) is 0 Å². The van der Waals surface area contributed by atoms with E-state index in [1.165, 1.54) is 0 Å². The molecule has 2 aliphatic heterocycles. The zero-order valence-electron chi connectivity index (χ0n) is 14.3. The highest BCUT2D eigenvalue weighted by Crippen LogP contribution is 2.22. The number of benzene rings is 1. The van der Waals surface area contributed by atoms with Crippen molar-refractivity contribution in [2.24, 2.45) is 0 Å². The Morgan fingerprint density at radius 3 is 2.88 bits per heavy atom. The first-order chi connectivity index (χ1) is 12.2. The van der Waals surface area contributed by atoms with Crippen LogP contribution in [0.25, 0.3) is 10.9 Å². The van der Waals surface area contributed by atoms with E-state index in [4.69, 9.17) is 21.3 Å². The molecule has 0 bridgehead atoms. The van der Waals surface area contributed by atoms with Gasteiger partial charge in [0.1, 0.15) is 0 Å². The van der Waals surface area contributed by atoms with Crippen molar-refractivity contribution in [3.05, 3.63) is 41.0 Å². The van der Waals surface area contributed by atoms with Gasteiger partial charge in [0.2, 0.25) is 0 Å². The van der Waals surface area contributed by atoms with Gasteiger partial charge >= 0.3 is 0 Å². The molecule has 2 fully saturated rings. The van der Waals surface area contributed by atoms with Gasteiger partial charge in [0.25, 0.3) is 0 Å². The molecule has 0 spiro atoms. The Balaban J connectivity index is 1.42. The van der Waals surface area contributed by atoms with Crippen molar-refractivity contribution in [1.29, 1.82) is 0 Å². The minimum atomic E-state index is -0.351. The molecule has 0 unspecified atom stereocenters. The molecule has 6 heteroatoms. The Bertz CT molecular complexity index is 742. The lowest BCUT2D eigenvalue weighted by Gasteiger charge is -2.28. The normalized spacial score (nSPS) is 26.2. The Kier molecular flexibility index (Phi) is 5.20. The highest BCUT2D eigenvalue weighted by Gasteiger charge is 2.32. The Morgan fingerprint density at radius 2 is 2.04 bits per heavy atom. The quantitative estimate of drug-likeness (QED) is 0.907. The van der Waals surface area contributed by atoms with Gasteiger partial charge in [-0.2, -0.15) is 0 Å². The Hall–Kier alpha value is -1.24. The van der Waals surface area contributed by atoms with Gasteiger partial charge in [-0.3, -0.25) is 9.80 Å². The topological polar surface area (TPSA) is 48.8 Å². The van der Waals surface area contributed by atoms with Crippen molar-refractivity contribution >= 4 is 22.5 Å². The molecule has 3 heterocycles. The van der Waals surface area contributed by atoms with Crippen LogP contribution in [0.3, 0.4) is 0 Å². The fourth-order valence-electron chi connectivity index (χ4n) is 3.83. The molecule has 134 valence electrons. The van der Waals surface area contributed by atoms with E-state index in [0.717, 1.165) is 55.7 Å². The summed E-state index contributed by atoms with van der Waals surface area (Å²) in [5.74, 6) is 0. The largest absolute Gasteiger partial charge is 0.389 e. The Morgan fingerprint density at radius 1 is 1.12 bits per heavy atom. The molecule has 2 saturated heterocycles. The standard InChI is InChI=1S/C19H24ClN3O2/c20-16-4-1-3-14-5-6-15(21-19(14)16)11-22-7-2-8-23(10-9-22)17-12-25-13-18(17)24/h1,3-6,17-18,24H,2,7-13H2/t17-,18-/m0/s1. The van der Waals surface area contributed by atoms with Crippen molar-refractivity contribution in [2.75, 3.05) is 39.4 Å². The van der Waals surface area contributed by atoms with Crippen molar-refractivity contribution < 1.29 is 9.84 Å². The fraction of sp³-hybridized carbons (Fsp3) is 0.526. The smallest absolute Gasteiger partial charge is 0.0950 e. The molecule has 0 amide bonds. The predicted molar refractivity (Wildman–Crippen MR) is 98.8 cm³/mol. The van der Waals surface area contributed by atoms with Crippen LogP contribution in [-0.4, -0.2) is 71.4 Å². The van der Waals surface area contributed by atoms with Gasteiger partial charge < -0.3 is 9.84 Å². The summed E-state index contributed by atoms with van der Waals surface area (Å²) in [7, 11) is 0. The van der Waals surface area contributed by atoms with Crippen LogP contribution in [0.2, 0.25) is 5.02 Å². The van der Waals surface area contributed by atoms with E-state index in [9.17, 15) is 5.11 Å². The maximum absolute atomic E-state index is 10.1. The third-order valence-electron chi connectivity index (χ3n) is 5.23. The van der Waals surface area contributed by atoms with Gasteiger partial charge in [-0.15, -0.1) is 0 Å². The second-order valence-electron chi connectivity index (χ2n) is 6.95. The minimum absolute atomic E-state index is 0.151. The van der Waals surface area contributed by atoms with Crippen LogP contribution in [0, 0.1) is 0 Å². The van der Waals surface area contributed by atoms with E-state index >= 15 is 0 Å². The first-order valence-electron chi connectivity index (χ1n) is 8.97. The molecule has 0 radical (unpaired) electrons. The maximum Gasteiger partial charge on any atom is 0.0950 e. The SMILES string of the molecule is O[C@H]1COC[C@@H]1N1CCCN(Cc2ccc3cccc(Cl)c3n2)CC1. The van der Waals surface area contributed by atoms with Gasteiger partial charge in [-0.1, -0.05) is 29.8 Å². The highest BCUT2D eigenvalue weighted by atomic mass is 35.5. The van der Waals surface area contributed by atoms with E-state index in [1.54, 1.807) is 0 Å². The van der Waals surface area contributed by atoms with Crippen molar-refractivity contribution in [3.63, 3.8) is 0 Å². The molecule has 2 aliphatic rings. The molecule has 1 aromatic carbocycles. The molecule has 25 heavy (non-hydrogen) atoms. The minimum Gasteiger partial charge on any atom is -0.389 e. The summed E-state index contributed by atoms with van der Waals surface area (Å²) < 4.78 is 5.41. The maximum atomic E-state index is 10.1. The number of halogens is 1. The average Bonchev–Trinajstić information content (AvgIpc) is 2.91. The first kappa shape index (κ1) is 17.2. The van der Waals surface area contributed by atoms with E-state index in [0.29, 0.717) is 18.2 Å². The molecule has 0 aliphatic carbocycles. The zero-order chi connectivity index (χ0) is 17.2. The second-order valence-corrected chi connectivity index (χ2v) is 7.36. The molecular formula is C19H24ClN3O2. The summed E-state index contributed by atoms with van der Waals surface area (Å²) in [6.07, 6.45) is 0.744. The molecule has 2 aromatic rings. The van der Waals surface area contributed by atoms with E-state index in [1.807, 2.05) is 18.2 Å². The third-order valence-corrected chi connectivity index (χ3v) is 5.53. The van der Waals surface area contributed by atoms with Gasteiger partial charge in [-0.05, 0) is 31.6 Å². The number of hydrogen-bond donors (Lipinski definition) is 1. The van der Waals surface area contributed by atoms with Gasteiger partial charge in [0.05, 0.1) is 41.6 Å².